The van der Waals surface area contributed by atoms with Gasteiger partial charge in [0.1, 0.15) is 5.60 Å². The molecule has 2 aromatic carbocycles. The Morgan fingerprint density at radius 1 is 1.20 bits per heavy atom. The summed E-state index contributed by atoms with van der Waals surface area (Å²) in [6.45, 7) is 7.63. The Hall–Kier alpha value is -3.32. The number of nitrogens with zero attached hydrogens (tertiary/aromatic N) is 3. The Morgan fingerprint density at radius 3 is 2.50 bits per heavy atom. The zero-order chi connectivity index (χ0) is 22.3. The number of Topliss-reactive ketones (excluding diaryl/α,β-unsaturated/α-hetero) is 1. The molecular formula is C20H14F5N3O2. The highest BCUT2D eigenvalue weighted by Crippen LogP contribution is 2.37. The molecule has 1 N–H and O–H groups in total. The summed E-state index contributed by atoms with van der Waals surface area (Å²) in [7, 11) is 0. The molecule has 156 valence electrons. The van der Waals surface area contributed by atoms with Crippen LogP contribution in [0.25, 0.3) is 15.9 Å². The molecule has 0 aliphatic heterocycles. The van der Waals surface area contributed by atoms with E-state index in [1.807, 2.05) is 0 Å². The highest BCUT2D eigenvalue weighted by atomic mass is 19.4. The van der Waals surface area contributed by atoms with E-state index in [9.17, 15) is 31.9 Å². The second-order valence-electron chi connectivity index (χ2n) is 6.96. The van der Waals surface area contributed by atoms with Crippen LogP contribution in [0.1, 0.15) is 18.1 Å². The summed E-state index contributed by atoms with van der Waals surface area (Å²) in [5.41, 5.74) is -3.56. The van der Waals surface area contributed by atoms with E-state index >= 15 is 0 Å². The van der Waals surface area contributed by atoms with Crippen molar-refractivity contribution in [2.75, 3.05) is 0 Å². The van der Waals surface area contributed by atoms with Crippen LogP contribution < -0.4 is 0 Å². The van der Waals surface area contributed by atoms with Crippen LogP contribution in [0.5, 0.6) is 0 Å². The second-order valence-corrected chi connectivity index (χ2v) is 6.96. The number of halogens is 5. The van der Waals surface area contributed by atoms with Crippen molar-refractivity contribution >= 4 is 22.5 Å². The van der Waals surface area contributed by atoms with Crippen LogP contribution in [0, 0.1) is 18.2 Å². The van der Waals surface area contributed by atoms with Gasteiger partial charge in [-0.2, -0.15) is 13.2 Å². The molecule has 0 spiro atoms. The molecule has 0 saturated heterocycles. The fourth-order valence-electron chi connectivity index (χ4n) is 2.99. The van der Waals surface area contributed by atoms with E-state index in [-0.39, 0.29) is 23.1 Å². The number of carbonyl (C=O) groups is 1. The first-order valence-electron chi connectivity index (χ1n) is 8.55. The Balaban J connectivity index is 1.85. The van der Waals surface area contributed by atoms with Crippen LogP contribution in [0.2, 0.25) is 0 Å². The van der Waals surface area contributed by atoms with Crippen LogP contribution >= 0.6 is 0 Å². The maximum absolute atomic E-state index is 13.5. The van der Waals surface area contributed by atoms with Crippen LogP contribution in [-0.4, -0.2) is 26.0 Å². The van der Waals surface area contributed by atoms with Gasteiger partial charge in [0.05, 0.1) is 36.0 Å². The lowest BCUT2D eigenvalue weighted by Gasteiger charge is -2.23. The van der Waals surface area contributed by atoms with E-state index in [0.717, 1.165) is 18.2 Å². The number of fused-ring (bicyclic) bond motifs is 1. The van der Waals surface area contributed by atoms with Gasteiger partial charge in [-0.3, -0.25) is 4.79 Å². The predicted octanol–water partition coefficient (Wildman–Crippen LogP) is 4.45. The smallest absolute Gasteiger partial charge is 0.380 e. The minimum Gasteiger partial charge on any atom is -0.380 e. The first-order valence-corrected chi connectivity index (χ1v) is 8.55. The molecule has 0 saturated carbocycles. The van der Waals surface area contributed by atoms with Crippen LogP contribution in [0.3, 0.4) is 0 Å². The molecule has 1 aromatic heterocycles. The van der Waals surface area contributed by atoms with Crippen molar-refractivity contribution in [3.05, 3.63) is 70.8 Å². The van der Waals surface area contributed by atoms with E-state index in [1.54, 1.807) is 0 Å². The van der Waals surface area contributed by atoms with Crippen molar-refractivity contribution in [2.45, 2.75) is 31.7 Å². The molecule has 3 rings (SSSR count). The first-order chi connectivity index (χ1) is 13.9. The maximum Gasteiger partial charge on any atom is 0.407 e. The number of aromatic nitrogens is 2. The summed E-state index contributed by atoms with van der Waals surface area (Å²) in [6.07, 6.45) is -4.10. The van der Waals surface area contributed by atoms with Crippen molar-refractivity contribution in [3.63, 3.8) is 0 Å². The second kappa shape index (κ2) is 7.50. The van der Waals surface area contributed by atoms with Crippen molar-refractivity contribution in [1.82, 2.24) is 9.55 Å². The van der Waals surface area contributed by atoms with E-state index in [2.05, 4.69) is 9.83 Å². The fourth-order valence-corrected chi connectivity index (χ4v) is 2.99. The summed E-state index contributed by atoms with van der Waals surface area (Å²) < 4.78 is 67.4. The molecule has 0 aliphatic rings. The van der Waals surface area contributed by atoms with Crippen LogP contribution in [0.4, 0.5) is 27.6 Å². The zero-order valence-corrected chi connectivity index (χ0v) is 15.5. The van der Waals surface area contributed by atoms with E-state index in [0.29, 0.717) is 6.07 Å². The quantitative estimate of drug-likeness (QED) is 0.488. The predicted molar refractivity (Wildman–Crippen MR) is 96.7 cm³/mol. The van der Waals surface area contributed by atoms with Gasteiger partial charge in [-0.05, 0) is 12.5 Å². The largest absolute Gasteiger partial charge is 0.407 e. The number of alkyl halides is 3. The molecule has 0 radical (unpaired) electrons. The number of hydrogen-bond donors (Lipinski definition) is 1. The van der Waals surface area contributed by atoms with Crippen molar-refractivity contribution < 1.29 is 31.9 Å². The van der Waals surface area contributed by atoms with E-state index < -0.39 is 46.9 Å². The number of benzene rings is 2. The lowest BCUT2D eigenvalue weighted by molar-refractivity contribution is -0.138. The minimum absolute atomic E-state index is 0.0244. The Labute approximate surface area is 167 Å². The molecule has 0 unspecified atom stereocenters. The maximum atomic E-state index is 13.5. The van der Waals surface area contributed by atoms with Crippen molar-refractivity contribution in [3.8, 4) is 0 Å². The minimum atomic E-state index is -4.77. The lowest BCUT2D eigenvalue weighted by atomic mass is 9.94. The number of carbonyl (C=O) groups excluding carboxylic acids is 1. The summed E-state index contributed by atoms with van der Waals surface area (Å²) in [4.78, 5) is 19.3. The molecule has 10 heteroatoms. The highest BCUT2D eigenvalue weighted by Gasteiger charge is 2.35. The Kier molecular flexibility index (Phi) is 5.34. The average Bonchev–Trinajstić information content (AvgIpc) is 3.02. The standard InChI is InChI=1S/C20H14F5N3O2/c1-19(30,9-28-10-27-16-7-13(21)14(22)8-17(16)28)18(29)6-11-3-4-15(26-2)12(5-11)20(23,24)25/h3-5,7-8,10,30H,6,9H2,1H3/t19-/m0/s1. The third-order valence-corrected chi connectivity index (χ3v) is 4.59. The van der Waals surface area contributed by atoms with Gasteiger partial charge in [-0.15, -0.1) is 0 Å². The number of rotatable bonds is 5. The Morgan fingerprint density at radius 2 is 1.87 bits per heavy atom. The average molecular weight is 423 g/mol. The molecule has 5 nitrogen and oxygen atoms in total. The lowest BCUT2D eigenvalue weighted by Crippen LogP contribution is -2.40. The monoisotopic (exact) mass is 423 g/mol. The topological polar surface area (TPSA) is 59.5 Å². The molecule has 1 atom stereocenters. The summed E-state index contributed by atoms with van der Waals surface area (Å²) in [5.74, 6) is -3.02. The van der Waals surface area contributed by atoms with Crippen molar-refractivity contribution in [2.24, 2.45) is 0 Å². The van der Waals surface area contributed by atoms with Gasteiger partial charge < -0.3 is 9.67 Å². The molecular weight excluding hydrogens is 409 g/mol. The van der Waals surface area contributed by atoms with Gasteiger partial charge in [0.15, 0.2) is 23.1 Å². The third kappa shape index (κ3) is 4.16. The molecule has 3 aromatic rings. The van der Waals surface area contributed by atoms with Gasteiger partial charge in [-0.1, -0.05) is 18.2 Å². The number of aliphatic hydroxyl groups is 1. The number of imidazole rings is 1. The van der Waals surface area contributed by atoms with E-state index in [1.165, 1.54) is 23.9 Å². The molecule has 0 aliphatic carbocycles. The highest BCUT2D eigenvalue weighted by molar-refractivity contribution is 5.89. The van der Waals surface area contributed by atoms with Gasteiger partial charge >= 0.3 is 6.18 Å². The van der Waals surface area contributed by atoms with Gasteiger partial charge in [0, 0.05) is 18.6 Å². The summed E-state index contributed by atoms with van der Waals surface area (Å²) in [5, 5.41) is 10.6. The number of hydrogen-bond acceptors (Lipinski definition) is 3. The summed E-state index contributed by atoms with van der Waals surface area (Å²) in [6, 6.07) is 4.62. The summed E-state index contributed by atoms with van der Waals surface area (Å²) >= 11 is 0. The van der Waals surface area contributed by atoms with Gasteiger partial charge in [0.25, 0.3) is 0 Å². The van der Waals surface area contributed by atoms with E-state index in [4.69, 9.17) is 6.57 Å². The normalized spacial score (nSPS) is 13.8. The third-order valence-electron chi connectivity index (χ3n) is 4.59. The van der Waals surface area contributed by atoms with Gasteiger partial charge in [0.2, 0.25) is 0 Å². The fraction of sp³-hybridized carbons (Fsp3) is 0.250. The molecule has 0 bridgehead atoms. The first kappa shape index (κ1) is 21.4. The molecule has 0 amide bonds. The zero-order valence-electron chi connectivity index (χ0n) is 15.5. The SMILES string of the molecule is [C-]#[N+]c1ccc(CC(=O)[C@@](C)(O)Cn2cnc3cc(F)c(F)cc32)cc1C(F)(F)F. The molecule has 30 heavy (non-hydrogen) atoms. The van der Waals surface area contributed by atoms with Gasteiger partial charge in [-0.25, -0.2) is 18.6 Å². The molecule has 0 fully saturated rings. The van der Waals surface area contributed by atoms with Crippen LogP contribution in [-0.2, 0) is 23.9 Å². The Bertz CT molecular complexity index is 1180. The number of ketones is 1. The van der Waals surface area contributed by atoms with Crippen LogP contribution in [0.15, 0.2) is 36.7 Å². The van der Waals surface area contributed by atoms with Crippen molar-refractivity contribution in [1.29, 1.82) is 0 Å². The molecule has 1 heterocycles.